The van der Waals surface area contributed by atoms with Crippen molar-refractivity contribution < 1.29 is 31.2 Å². The molecule has 1 unspecified atom stereocenters. The van der Waals surface area contributed by atoms with E-state index < -0.39 is 46.2 Å². The lowest BCUT2D eigenvalue weighted by Crippen LogP contribution is -2.50. The number of likely N-dealkylation sites (N-methyl/N-ethyl adjacent to an activating group) is 1. The van der Waals surface area contributed by atoms with Gasteiger partial charge in [-0.15, -0.1) is 0 Å². The molecule has 0 fully saturated rings. The molecule has 7 nitrogen and oxygen atoms in total. The van der Waals surface area contributed by atoms with E-state index in [1.54, 1.807) is 24.3 Å². The van der Waals surface area contributed by atoms with Crippen LogP contribution in [0.15, 0.2) is 48.5 Å². The lowest BCUT2D eigenvalue weighted by molar-refractivity contribution is -0.139. The van der Waals surface area contributed by atoms with Crippen molar-refractivity contribution in [2.24, 2.45) is 0 Å². The second kappa shape index (κ2) is 10.4. The van der Waals surface area contributed by atoms with Crippen molar-refractivity contribution in [3.05, 3.63) is 64.7 Å². The van der Waals surface area contributed by atoms with E-state index in [-0.39, 0.29) is 12.2 Å². The van der Waals surface area contributed by atoms with Crippen molar-refractivity contribution in [1.82, 2.24) is 10.2 Å². The third-order valence-corrected chi connectivity index (χ3v) is 6.21. The molecule has 0 aliphatic heterocycles. The van der Waals surface area contributed by atoms with Crippen LogP contribution in [0.1, 0.15) is 18.1 Å². The zero-order valence-corrected chi connectivity index (χ0v) is 19.6. The topological polar surface area (TPSA) is 86.8 Å². The zero-order chi connectivity index (χ0) is 25.0. The second-order valence-electron chi connectivity index (χ2n) is 7.26. The monoisotopic (exact) mass is 505 g/mol. The van der Waals surface area contributed by atoms with E-state index in [9.17, 15) is 31.2 Å². The van der Waals surface area contributed by atoms with Gasteiger partial charge in [0, 0.05) is 18.6 Å². The molecule has 2 rings (SSSR count). The normalized spacial score (nSPS) is 12.7. The van der Waals surface area contributed by atoms with Gasteiger partial charge in [0.1, 0.15) is 12.6 Å². The summed E-state index contributed by atoms with van der Waals surface area (Å²) in [6.07, 6.45) is -3.91. The third kappa shape index (κ3) is 7.10. The summed E-state index contributed by atoms with van der Waals surface area (Å²) in [5.41, 5.74) is -0.758. The first kappa shape index (κ1) is 26.5. The molecule has 0 saturated carbocycles. The number of carbonyl (C=O) groups excluding carboxylic acids is 2. The molecular weight excluding hydrogens is 483 g/mol. The maximum atomic E-state index is 13.2. The molecular formula is C21H23ClF3N3O4S. The predicted octanol–water partition coefficient (Wildman–Crippen LogP) is 3.29. The maximum Gasteiger partial charge on any atom is 0.416 e. The van der Waals surface area contributed by atoms with Crippen LogP contribution in [0.2, 0.25) is 5.02 Å². The smallest absolute Gasteiger partial charge is 0.357 e. The number of nitrogens with one attached hydrogen (secondary N) is 1. The van der Waals surface area contributed by atoms with Crippen LogP contribution in [0.25, 0.3) is 0 Å². The molecule has 1 N–H and O–H groups in total. The Kier molecular flexibility index (Phi) is 8.36. The first-order chi connectivity index (χ1) is 15.2. The zero-order valence-electron chi connectivity index (χ0n) is 18.1. The standard InChI is InChI=1S/C21H23ClF3N3O4S/c1-14(20(30)26-2)27(12-15-7-9-17(22)10-8-15)19(29)13-28(33(3,31)32)18-6-4-5-16(11-18)21(23,24)25/h4-11,14H,12-13H2,1-3H3,(H,26,30). The summed E-state index contributed by atoms with van der Waals surface area (Å²) >= 11 is 5.88. The minimum absolute atomic E-state index is 0.0508. The highest BCUT2D eigenvalue weighted by molar-refractivity contribution is 7.92. The average molecular weight is 506 g/mol. The first-order valence-corrected chi connectivity index (χ1v) is 11.9. The van der Waals surface area contributed by atoms with Gasteiger partial charge in [-0.25, -0.2) is 8.42 Å². The van der Waals surface area contributed by atoms with E-state index in [2.05, 4.69) is 5.32 Å². The molecule has 0 aliphatic rings. The molecule has 0 aromatic heterocycles. The Hall–Kier alpha value is -2.79. The van der Waals surface area contributed by atoms with Crippen molar-refractivity contribution in [2.75, 3.05) is 24.2 Å². The lowest BCUT2D eigenvalue weighted by atomic mass is 10.1. The van der Waals surface area contributed by atoms with Crippen LogP contribution < -0.4 is 9.62 Å². The van der Waals surface area contributed by atoms with Crippen LogP contribution in [0, 0.1) is 0 Å². The van der Waals surface area contributed by atoms with Crippen molar-refractivity contribution in [3.8, 4) is 0 Å². The summed E-state index contributed by atoms with van der Waals surface area (Å²) < 4.78 is 64.7. The van der Waals surface area contributed by atoms with Gasteiger partial charge in [-0.05, 0) is 42.8 Å². The number of hydrogen-bond acceptors (Lipinski definition) is 4. The predicted molar refractivity (Wildman–Crippen MR) is 119 cm³/mol. The first-order valence-electron chi connectivity index (χ1n) is 9.64. The Bertz CT molecular complexity index is 1110. The second-order valence-corrected chi connectivity index (χ2v) is 9.60. The van der Waals surface area contributed by atoms with E-state index in [0.717, 1.165) is 29.4 Å². The molecule has 0 radical (unpaired) electrons. The molecule has 180 valence electrons. The fourth-order valence-corrected chi connectivity index (χ4v) is 4.00. The molecule has 33 heavy (non-hydrogen) atoms. The molecule has 12 heteroatoms. The molecule has 2 aromatic carbocycles. The van der Waals surface area contributed by atoms with Crippen molar-refractivity contribution in [1.29, 1.82) is 0 Å². The van der Waals surface area contributed by atoms with Gasteiger partial charge in [0.15, 0.2) is 0 Å². The molecule has 0 spiro atoms. The van der Waals surface area contributed by atoms with Crippen molar-refractivity contribution in [2.45, 2.75) is 25.7 Å². The van der Waals surface area contributed by atoms with E-state index in [0.29, 0.717) is 21.0 Å². The fraction of sp³-hybridized carbons (Fsp3) is 0.333. The van der Waals surface area contributed by atoms with Gasteiger partial charge in [0.05, 0.1) is 17.5 Å². The molecule has 0 saturated heterocycles. The van der Waals surface area contributed by atoms with Crippen LogP contribution in [-0.4, -0.2) is 51.0 Å². The Balaban J connectivity index is 2.42. The van der Waals surface area contributed by atoms with Crippen molar-refractivity contribution in [3.63, 3.8) is 0 Å². The molecule has 0 heterocycles. The number of anilines is 1. The van der Waals surface area contributed by atoms with Gasteiger partial charge in [-0.2, -0.15) is 13.2 Å². The third-order valence-electron chi connectivity index (χ3n) is 4.82. The number of carbonyl (C=O) groups is 2. The van der Waals surface area contributed by atoms with Gasteiger partial charge >= 0.3 is 6.18 Å². The Labute approximate surface area is 195 Å². The van der Waals surface area contributed by atoms with Crippen molar-refractivity contribution >= 4 is 39.1 Å². The van der Waals surface area contributed by atoms with Gasteiger partial charge in [-0.1, -0.05) is 29.8 Å². The largest absolute Gasteiger partial charge is 0.416 e. The summed E-state index contributed by atoms with van der Waals surface area (Å²) in [6, 6.07) is 9.15. The maximum absolute atomic E-state index is 13.2. The average Bonchev–Trinajstić information content (AvgIpc) is 2.74. The highest BCUT2D eigenvalue weighted by Crippen LogP contribution is 2.32. The molecule has 0 aliphatic carbocycles. The van der Waals surface area contributed by atoms with Crippen LogP contribution in [0.4, 0.5) is 18.9 Å². The van der Waals surface area contributed by atoms with Gasteiger partial charge < -0.3 is 10.2 Å². The van der Waals surface area contributed by atoms with Gasteiger partial charge in [0.25, 0.3) is 0 Å². The Morgan fingerprint density at radius 1 is 1.12 bits per heavy atom. The summed E-state index contributed by atoms with van der Waals surface area (Å²) in [5.74, 6) is -1.27. The van der Waals surface area contributed by atoms with E-state index in [1.165, 1.54) is 14.0 Å². The quantitative estimate of drug-likeness (QED) is 0.596. The SMILES string of the molecule is CNC(=O)C(C)N(Cc1ccc(Cl)cc1)C(=O)CN(c1cccc(C(F)(F)F)c1)S(C)(=O)=O. The minimum Gasteiger partial charge on any atom is -0.357 e. The summed E-state index contributed by atoms with van der Waals surface area (Å²) in [5, 5.41) is 2.89. The molecule has 0 bridgehead atoms. The van der Waals surface area contributed by atoms with Crippen LogP contribution >= 0.6 is 11.6 Å². The van der Waals surface area contributed by atoms with Crippen LogP contribution in [-0.2, 0) is 32.3 Å². The fourth-order valence-electron chi connectivity index (χ4n) is 3.03. The van der Waals surface area contributed by atoms with Gasteiger partial charge in [-0.3, -0.25) is 13.9 Å². The number of hydrogen-bond donors (Lipinski definition) is 1. The number of sulfonamides is 1. The summed E-state index contributed by atoms with van der Waals surface area (Å²) in [6.45, 7) is 0.613. The Morgan fingerprint density at radius 3 is 2.24 bits per heavy atom. The number of halogens is 4. The van der Waals surface area contributed by atoms with E-state index in [4.69, 9.17) is 11.6 Å². The summed E-state index contributed by atoms with van der Waals surface area (Å²) in [4.78, 5) is 26.6. The number of amides is 2. The minimum atomic E-state index is -4.70. The van der Waals surface area contributed by atoms with E-state index >= 15 is 0 Å². The highest BCUT2D eigenvalue weighted by atomic mass is 35.5. The van der Waals surface area contributed by atoms with E-state index in [1.807, 2.05) is 0 Å². The number of nitrogens with zero attached hydrogens (tertiary/aromatic N) is 2. The van der Waals surface area contributed by atoms with Crippen LogP contribution in [0.5, 0.6) is 0 Å². The lowest BCUT2D eigenvalue weighted by Gasteiger charge is -2.31. The number of benzene rings is 2. The molecule has 1 atom stereocenters. The Morgan fingerprint density at radius 2 is 1.73 bits per heavy atom. The highest BCUT2D eigenvalue weighted by Gasteiger charge is 2.33. The summed E-state index contributed by atoms with van der Waals surface area (Å²) in [7, 11) is -2.75. The molecule has 2 amide bonds. The number of alkyl halides is 3. The van der Waals surface area contributed by atoms with Crippen LogP contribution in [0.3, 0.4) is 0 Å². The molecule has 2 aromatic rings. The van der Waals surface area contributed by atoms with Gasteiger partial charge in [0.2, 0.25) is 21.8 Å². The number of rotatable bonds is 8.